The maximum Gasteiger partial charge on any atom is 0.453 e. The number of carboxylic acid groups (broad SMARTS) is 2. The molecule has 3 aromatic rings. The molecule has 12 heteroatoms. The average molecular weight is 511 g/mol. The molecule has 0 bridgehead atoms. The molecule has 0 aliphatic rings. The Kier molecular flexibility index (Phi) is 8.93. The normalized spacial score (nSPS) is 11.1. The van der Waals surface area contributed by atoms with Gasteiger partial charge in [-0.2, -0.15) is 13.2 Å². The fraction of sp³-hybridized carbons (Fsp3) is 0.292. The van der Waals surface area contributed by atoms with Crippen molar-refractivity contribution in [3.8, 4) is 23.0 Å². The van der Waals surface area contributed by atoms with Crippen LogP contribution in [0.15, 0.2) is 45.6 Å². The molecule has 2 N–H and O–H groups in total. The Morgan fingerprint density at radius 3 is 2.11 bits per heavy atom. The van der Waals surface area contributed by atoms with Gasteiger partial charge in [0.25, 0.3) is 5.76 Å². The molecular weight excluding hydrogens is 489 g/mol. The minimum absolute atomic E-state index is 0.0152. The van der Waals surface area contributed by atoms with Crippen molar-refractivity contribution in [2.24, 2.45) is 5.92 Å². The van der Waals surface area contributed by atoms with Gasteiger partial charge in [-0.3, -0.25) is 9.59 Å². The van der Waals surface area contributed by atoms with Crippen LogP contribution in [0.3, 0.4) is 0 Å². The number of alkyl halides is 3. The first-order valence-electron chi connectivity index (χ1n) is 10.4. The Labute approximate surface area is 202 Å². The van der Waals surface area contributed by atoms with E-state index in [1.165, 1.54) is 43.5 Å². The largest absolute Gasteiger partial charge is 0.550 e. The standard InChI is InChI=1S/C21H19F3O5.C3H4O4/c1-11(2)10-15-16(25)9-8-14-17(26)19(20(21(22,23)24)29-18(14)15)28-13-6-4-12(27-3)5-7-13;4-2(5)1-3(6)7/h4-9,11,25H,10H2,1-3H3;1H2,(H,4,5)(H,6,7)/p-1. The van der Waals surface area contributed by atoms with Crippen LogP contribution in [0.1, 0.15) is 31.6 Å². The number of phenols is 1. The Hall–Kier alpha value is -4.22. The molecule has 9 nitrogen and oxygen atoms in total. The first-order valence-corrected chi connectivity index (χ1v) is 10.4. The Morgan fingerprint density at radius 2 is 1.67 bits per heavy atom. The second-order valence-electron chi connectivity index (χ2n) is 7.85. The number of rotatable bonds is 7. The molecule has 0 aliphatic heterocycles. The zero-order valence-electron chi connectivity index (χ0n) is 19.3. The van der Waals surface area contributed by atoms with Crippen molar-refractivity contribution in [3.05, 3.63) is 57.9 Å². The number of aromatic hydroxyl groups is 1. The monoisotopic (exact) mass is 511 g/mol. The van der Waals surface area contributed by atoms with Gasteiger partial charge in [-0.25, -0.2) is 0 Å². The molecule has 0 aliphatic carbocycles. The first-order chi connectivity index (χ1) is 16.7. The summed E-state index contributed by atoms with van der Waals surface area (Å²) in [5.74, 6) is -5.17. The van der Waals surface area contributed by atoms with Crippen molar-refractivity contribution in [1.29, 1.82) is 0 Å². The minimum atomic E-state index is -4.98. The van der Waals surface area contributed by atoms with Gasteiger partial charge in [0.15, 0.2) is 0 Å². The molecule has 0 fully saturated rings. The lowest BCUT2D eigenvalue weighted by molar-refractivity contribution is -0.305. The predicted octanol–water partition coefficient (Wildman–Crippen LogP) is 3.73. The van der Waals surface area contributed by atoms with Crippen LogP contribution >= 0.6 is 0 Å². The first kappa shape index (κ1) is 28.0. The van der Waals surface area contributed by atoms with Crippen LogP contribution in [0.4, 0.5) is 13.2 Å². The van der Waals surface area contributed by atoms with Crippen LogP contribution in [0, 0.1) is 5.92 Å². The molecule has 2 aromatic carbocycles. The number of halogens is 3. The Morgan fingerprint density at radius 1 is 1.08 bits per heavy atom. The Balaban J connectivity index is 0.000000572. The number of hydrogen-bond donors (Lipinski definition) is 2. The molecule has 0 saturated heterocycles. The van der Waals surface area contributed by atoms with Gasteiger partial charge in [0.2, 0.25) is 11.2 Å². The van der Waals surface area contributed by atoms with Crippen molar-refractivity contribution in [3.63, 3.8) is 0 Å². The van der Waals surface area contributed by atoms with E-state index in [2.05, 4.69) is 0 Å². The lowest BCUT2D eigenvalue weighted by Crippen LogP contribution is -2.24. The van der Waals surface area contributed by atoms with Crippen LogP contribution in [0.25, 0.3) is 11.0 Å². The number of methoxy groups -OCH3 is 1. The SMILES string of the molecule is COc1ccc(Oc2c(C(F)(F)F)oc3c(CC(C)C)c(O)ccc3c2=O)cc1.O=C([O-])CC(=O)O. The maximum absolute atomic E-state index is 13.7. The van der Waals surface area contributed by atoms with E-state index in [9.17, 15) is 37.8 Å². The summed E-state index contributed by atoms with van der Waals surface area (Å²) < 4.78 is 56.4. The van der Waals surface area contributed by atoms with E-state index in [1.54, 1.807) is 0 Å². The predicted molar refractivity (Wildman–Crippen MR) is 118 cm³/mol. The van der Waals surface area contributed by atoms with E-state index < -0.39 is 41.5 Å². The lowest BCUT2D eigenvalue weighted by atomic mass is 9.99. The number of carboxylic acids is 2. The zero-order chi connectivity index (χ0) is 27.2. The molecule has 0 radical (unpaired) electrons. The number of benzene rings is 2. The van der Waals surface area contributed by atoms with Crippen molar-refractivity contribution in [1.82, 2.24) is 0 Å². The molecule has 36 heavy (non-hydrogen) atoms. The molecule has 0 atom stereocenters. The summed E-state index contributed by atoms with van der Waals surface area (Å²) in [6.07, 6.45) is -5.65. The summed E-state index contributed by atoms with van der Waals surface area (Å²) in [6, 6.07) is 8.23. The molecule has 0 saturated carbocycles. The van der Waals surface area contributed by atoms with Crippen molar-refractivity contribution >= 4 is 22.9 Å². The van der Waals surface area contributed by atoms with E-state index in [4.69, 9.17) is 19.0 Å². The highest BCUT2D eigenvalue weighted by Gasteiger charge is 2.41. The van der Waals surface area contributed by atoms with Crippen LogP contribution in [-0.2, 0) is 22.2 Å². The molecule has 194 valence electrons. The summed E-state index contributed by atoms with van der Waals surface area (Å²) in [5, 5.41) is 27.0. The maximum atomic E-state index is 13.7. The zero-order valence-corrected chi connectivity index (χ0v) is 19.3. The quantitative estimate of drug-likeness (QED) is 0.453. The third-order valence-corrected chi connectivity index (χ3v) is 4.54. The molecule has 1 heterocycles. The van der Waals surface area contributed by atoms with Crippen LogP contribution in [0.2, 0.25) is 0 Å². The summed E-state index contributed by atoms with van der Waals surface area (Å²) in [6.45, 7) is 3.67. The van der Waals surface area contributed by atoms with E-state index >= 15 is 0 Å². The molecule has 1 aromatic heterocycles. The summed E-state index contributed by atoms with van der Waals surface area (Å²) in [5.41, 5.74) is -1.12. The van der Waals surface area contributed by atoms with Gasteiger partial charge in [-0.15, -0.1) is 0 Å². The number of carbonyl (C=O) groups is 2. The molecular formula is C24H22F3O9-. The van der Waals surface area contributed by atoms with Gasteiger partial charge in [-0.05, 0) is 48.7 Å². The number of carbonyl (C=O) groups excluding carboxylic acids is 1. The fourth-order valence-electron chi connectivity index (χ4n) is 3.06. The van der Waals surface area contributed by atoms with Crippen LogP contribution in [0.5, 0.6) is 23.0 Å². The number of aliphatic carboxylic acids is 2. The average Bonchev–Trinajstić information content (AvgIpc) is 2.76. The second-order valence-corrected chi connectivity index (χ2v) is 7.85. The van der Waals surface area contributed by atoms with Gasteiger partial charge >= 0.3 is 12.1 Å². The fourth-order valence-corrected chi connectivity index (χ4v) is 3.06. The minimum Gasteiger partial charge on any atom is -0.550 e. The highest BCUT2D eigenvalue weighted by molar-refractivity contribution is 5.87. The number of fused-ring (bicyclic) bond motifs is 1. The van der Waals surface area contributed by atoms with Gasteiger partial charge < -0.3 is 34.0 Å². The van der Waals surface area contributed by atoms with Crippen LogP contribution < -0.4 is 20.0 Å². The molecule has 0 amide bonds. The third kappa shape index (κ3) is 7.14. The highest BCUT2D eigenvalue weighted by Crippen LogP contribution is 2.40. The topological polar surface area (TPSA) is 146 Å². The van der Waals surface area contributed by atoms with Gasteiger partial charge in [0, 0.05) is 5.56 Å². The molecule has 0 unspecified atom stereocenters. The van der Waals surface area contributed by atoms with E-state index in [0.29, 0.717) is 5.75 Å². The number of ether oxygens (including phenoxy) is 2. The van der Waals surface area contributed by atoms with Gasteiger partial charge in [0.05, 0.1) is 24.9 Å². The number of phenolic OH excluding ortho intramolecular Hbond substituents is 1. The van der Waals surface area contributed by atoms with E-state index in [1.807, 2.05) is 13.8 Å². The van der Waals surface area contributed by atoms with Crippen molar-refractivity contribution < 1.29 is 52.0 Å². The van der Waals surface area contributed by atoms with Crippen LogP contribution in [-0.4, -0.2) is 29.3 Å². The van der Waals surface area contributed by atoms with Gasteiger partial charge in [0.1, 0.15) is 22.8 Å². The second kappa shape index (κ2) is 11.5. The van der Waals surface area contributed by atoms with Gasteiger partial charge in [-0.1, -0.05) is 13.8 Å². The lowest BCUT2D eigenvalue weighted by Gasteiger charge is -2.16. The Bertz CT molecular complexity index is 1280. The summed E-state index contributed by atoms with van der Waals surface area (Å²) in [7, 11) is 1.44. The molecule has 0 spiro atoms. The van der Waals surface area contributed by atoms with Crippen molar-refractivity contribution in [2.45, 2.75) is 32.9 Å². The third-order valence-electron chi connectivity index (χ3n) is 4.54. The molecule has 3 rings (SSSR count). The van der Waals surface area contributed by atoms with E-state index in [-0.39, 0.29) is 40.4 Å². The highest BCUT2D eigenvalue weighted by atomic mass is 19.4. The van der Waals surface area contributed by atoms with E-state index in [0.717, 1.165) is 0 Å². The number of hydrogen-bond acceptors (Lipinski definition) is 8. The summed E-state index contributed by atoms with van der Waals surface area (Å²) >= 11 is 0. The summed E-state index contributed by atoms with van der Waals surface area (Å²) in [4.78, 5) is 31.6. The van der Waals surface area contributed by atoms with Crippen molar-refractivity contribution in [2.75, 3.05) is 7.11 Å². The smallest absolute Gasteiger partial charge is 0.453 e.